The van der Waals surface area contributed by atoms with E-state index in [0.29, 0.717) is 12.3 Å². The zero-order chi connectivity index (χ0) is 21.8. The molecule has 1 saturated heterocycles. The molecule has 31 heavy (non-hydrogen) atoms. The molecule has 0 spiro atoms. The molecule has 7 heteroatoms. The van der Waals surface area contributed by atoms with E-state index in [1.807, 2.05) is 30.0 Å². The highest BCUT2D eigenvalue weighted by Gasteiger charge is 2.46. The Bertz CT molecular complexity index is 940. The highest BCUT2D eigenvalue weighted by atomic mass is 16.3. The van der Waals surface area contributed by atoms with Gasteiger partial charge in [-0.15, -0.1) is 0 Å². The summed E-state index contributed by atoms with van der Waals surface area (Å²) in [5.74, 6) is 0.136. The zero-order valence-electron chi connectivity index (χ0n) is 17.9. The molecule has 1 aliphatic heterocycles. The molecule has 4 rings (SSSR count). The Kier molecular flexibility index (Phi) is 6.39. The Balaban J connectivity index is 1.44. The lowest BCUT2D eigenvalue weighted by molar-refractivity contribution is -0.141. The van der Waals surface area contributed by atoms with Crippen molar-refractivity contribution >= 4 is 17.8 Å². The second-order valence-electron chi connectivity index (χ2n) is 8.45. The Morgan fingerprint density at radius 2 is 2.00 bits per heavy atom. The smallest absolute Gasteiger partial charge is 0.327 e. The van der Waals surface area contributed by atoms with Crippen LogP contribution < -0.4 is 5.32 Å². The molecule has 164 valence electrons. The number of fused-ring (bicyclic) bond motifs is 1. The summed E-state index contributed by atoms with van der Waals surface area (Å²) in [6.07, 6.45) is 5.30. The molecule has 2 heterocycles. The largest absolute Gasteiger partial charge is 0.467 e. The first-order valence-electron chi connectivity index (χ1n) is 11.0. The lowest BCUT2D eigenvalue weighted by atomic mass is 9.81. The maximum absolute atomic E-state index is 13.3. The van der Waals surface area contributed by atoms with Gasteiger partial charge < -0.3 is 14.6 Å². The van der Waals surface area contributed by atoms with Crippen molar-refractivity contribution in [2.45, 2.75) is 58.2 Å². The second-order valence-corrected chi connectivity index (χ2v) is 8.45. The normalized spacial score (nSPS) is 21.2. The number of hydrogen-bond donors (Lipinski definition) is 1. The monoisotopic (exact) mass is 423 g/mol. The van der Waals surface area contributed by atoms with Crippen LogP contribution in [-0.2, 0) is 22.7 Å². The van der Waals surface area contributed by atoms with E-state index in [-0.39, 0.29) is 49.3 Å². The Morgan fingerprint density at radius 1 is 1.16 bits per heavy atom. The number of amides is 4. The number of carbonyl (C=O) groups excluding carboxylic acids is 3. The summed E-state index contributed by atoms with van der Waals surface area (Å²) in [5.41, 5.74) is 2.20. The first-order valence-corrected chi connectivity index (χ1v) is 11.0. The molecule has 0 bridgehead atoms. The molecular formula is C24H29N3O4. The predicted molar refractivity (Wildman–Crippen MR) is 115 cm³/mol. The summed E-state index contributed by atoms with van der Waals surface area (Å²) in [7, 11) is 0. The molecule has 1 aromatic heterocycles. The molecule has 2 aromatic rings. The van der Waals surface area contributed by atoms with E-state index in [4.69, 9.17) is 4.42 Å². The van der Waals surface area contributed by atoms with Crippen molar-refractivity contribution in [3.63, 3.8) is 0 Å². The molecule has 2 fully saturated rings. The van der Waals surface area contributed by atoms with Crippen LogP contribution in [0.5, 0.6) is 0 Å². The van der Waals surface area contributed by atoms with Gasteiger partial charge in [-0.05, 0) is 37.5 Å². The van der Waals surface area contributed by atoms with E-state index in [9.17, 15) is 14.4 Å². The minimum atomic E-state index is -0.284. The van der Waals surface area contributed by atoms with E-state index >= 15 is 0 Å². The van der Waals surface area contributed by atoms with Crippen molar-refractivity contribution in [1.29, 1.82) is 0 Å². The number of urea groups is 1. The Hall–Kier alpha value is -3.09. The first-order chi connectivity index (χ1) is 15.0. The van der Waals surface area contributed by atoms with Crippen LogP contribution in [0.15, 0.2) is 47.1 Å². The number of imide groups is 1. The van der Waals surface area contributed by atoms with Gasteiger partial charge in [0, 0.05) is 25.6 Å². The summed E-state index contributed by atoms with van der Waals surface area (Å²) in [6.45, 7) is 2.89. The van der Waals surface area contributed by atoms with Crippen LogP contribution >= 0.6 is 0 Å². The van der Waals surface area contributed by atoms with E-state index in [1.54, 1.807) is 18.4 Å². The highest BCUT2D eigenvalue weighted by molar-refractivity contribution is 5.99. The number of furan rings is 1. The number of carbonyl (C=O) groups is 3. The molecule has 1 aromatic carbocycles. The summed E-state index contributed by atoms with van der Waals surface area (Å²) < 4.78 is 5.21. The predicted octanol–water partition coefficient (Wildman–Crippen LogP) is 3.62. The summed E-state index contributed by atoms with van der Waals surface area (Å²) in [6, 6.07) is 11.3. The van der Waals surface area contributed by atoms with Crippen molar-refractivity contribution in [3.05, 3.63) is 59.5 Å². The third-order valence-electron chi connectivity index (χ3n) is 6.23. The molecule has 2 unspecified atom stereocenters. The number of rotatable bonds is 7. The lowest BCUT2D eigenvalue weighted by Gasteiger charge is -2.47. The van der Waals surface area contributed by atoms with Gasteiger partial charge in [0.1, 0.15) is 5.76 Å². The van der Waals surface area contributed by atoms with Crippen LogP contribution in [0, 0.1) is 12.8 Å². The van der Waals surface area contributed by atoms with E-state index in [0.717, 1.165) is 36.8 Å². The fraction of sp³-hybridized carbons (Fsp3) is 0.458. The maximum Gasteiger partial charge on any atom is 0.327 e. The molecule has 4 amide bonds. The van der Waals surface area contributed by atoms with Crippen molar-refractivity contribution in [3.8, 4) is 0 Å². The Labute approximate surface area is 182 Å². The van der Waals surface area contributed by atoms with Crippen LogP contribution in [0.3, 0.4) is 0 Å². The molecule has 7 nitrogen and oxygen atoms in total. The number of nitrogens with one attached hydrogen (secondary N) is 1. The second kappa shape index (κ2) is 9.37. The van der Waals surface area contributed by atoms with Crippen molar-refractivity contribution in [2.75, 3.05) is 6.54 Å². The van der Waals surface area contributed by atoms with Gasteiger partial charge in [0.2, 0.25) is 11.8 Å². The zero-order valence-corrected chi connectivity index (χ0v) is 17.9. The van der Waals surface area contributed by atoms with Crippen LogP contribution in [-0.4, -0.2) is 40.2 Å². The average Bonchev–Trinajstić information content (AvgIpc) is 3.29. The summed E-state index contributed by atoms with van der Waals surface area (Å²) in [4.78, 5) is 41.8. The van der Waals surface area contributed by atoms with Gasteiger partial charge in [0.05, 0.1) is 18.7 Å². The van der Waals surface area contributed by atoms with E-state index in [2.05, 4.69) is 11.4 Å². The maximum atomic E-state index is 13.3. The Morgan fingerprint density at radius 3 is 2.77 bits per heavy atom. The SMILES string of the molecule is Cc1cccc(CN2C(=O)N(CCC(=O)NCc3ccco3)C(=O)C3CCCCC32)c1. The molecular weight excluding hydrogens is 394 g/mol. The van der Waals surface area contributed by atoms with Gasteiger partial charge in [-0.3, -0.25) is 14.5 Å². The molecule has 2 atom stereocenters. The average molecular weight is 424 g/mol. The van der Waals surface area contributed by atoms with E-state index in [1.165, 1.54) is 4.90 Å². The van der Waals surface area contributed by atoms with Gasteiger partial charge in [0.25, 0.3) is 0 Å². The molecule has 0 radical (unpaired) electrons. The summed E-state index contributed by atoms with van der Waals surface area (Å²) >= 11 is 0. The summed E-state index contributed by atoms with van der Waals surface area (Å²) in [5, 5.41) is 2.77. The highest BCUT2D eigenvalue weighted by Crippen LogP contribution is 2.35. The minimum absolute atomic E-state index is 0.0571. The first kappa shape index (κ1) is 21.2. The van der Waals surface area contributed by atoms with Gasteiger partial charge >= 0.3 is 6.03 Å². The van der Waals surface area contributed by atoms with Gasteiger partial charge in [0.15, 0.2) is 0 Å². The minimum Gasteiger partial charge on any atom is -0.467 e. The lowest BCUT2D eigenvalue weighted by Crippen LogP contribution is -2.62. The molecule has 1 N–H and O–H groups in total. The van der Waals surface area contributed by atoms with Crippen molar-refractivity contribution < 1.29 is 18.8 Å². The van der Waals surface area contributed by atoms with E-state index < -0.39 is 0 Å². The van der Waals surface area contributed by atoms with Gasteiger partial charge in [-0.2, -0.15) is 0 Å². The van der Waals surface area contributed by atoms with Gasteiger partial charge in [-0.25, -0.2) is 4.79 Å². The van der Waals surface area contributed by atoms with Crippen LogP contribution in [0.4, 0.5) is 4.79 Å². The fourth-order valence-electron chi connectivity index (χ4n) is 4.66. The molecule has 1 aliphatic carbocycles. The van der Waals surface area contributed by atoms with Crippen LogP contribution in [0.2, 0.25) is 0 Å². The third kappa shape index (κ3) is 4.81. The van der Waals surface area contributed by atoms with Gasteiger partial charge in [-0.1, -0.05) is 42.7 Å². The number of hydrogen-bond acceptors (Lipinski definition) is 4. The fourth-order valence-corrected chi connectivity index (χ4v) is 4.66. The standard InChI is InChI=1S/C24H29N3O4/c1-17-6-4-7-18(14-17)16-27-21-10-3-2-9-20(21)23(29)26(24(27)30)12-11-22(28)25-15-19-8-5-13-31-19/h4-8,13-14,20-21H,2-3,9-12,15-16H2,1H3,(H,25,28). The quantitative estimate of drug-likeness (QED) is 0.737. The third-order valence-corrected chi connectivity index (χ3v) is 6.23. The number of nitrogens with zero attached hydrogens (tertiary/aromatic N) is 2. The topological polar surface area (TPSA) is 82.9 Å². The number of aryl methyl sites for hydroxylation is 1. The number of benzene rings is 1. The van der Waals surface area contributed by atoms with Crippen molar-refractivity contribution in [1.82, 2.24) is 15.1 Å². The van der Waals surface area contributed by atoms with Crippen molar-refractivity contribution in [2.24, 2.45) is 5.92 Å². The van der Waals surface area contributed by atoms with Crippen LogP contribution in [0.1, 0.15) is 49.0 Å². The molecule has 2 aliphatic rings. The van der Waals surface area contributed by atoms with Crippen LogP contribution in [0.25, 0.3) is 0 Å². The molecule has 1 saturated carbocycles.